The minimum absolute atomic E-state index is 0.195. The van der Waals surface area contributed by atoms with Crippen LogP contribution in [0.1, 0.15) is 17.5 Å². The molecule has 1 rings (SSSR count). The summed E-state index contributed by atoms with van der Waals surface area (Å²) in [4.78, 5) is 11.2. The Morgan fingerprint density at radius 3 is 2.68 bits per heavy atom. The van der Waals surface area contributed by atoms with Crippen LogP contribution in [0.15, 0.2) is 18.2 Å². The van der Waals surface area contributed by atoms with Crippen molar-refractivity contribution in [2.45, 2.75) is 19.5 Å². The molecule has 0 bridgehead atoms. The van der Waals surface area contributed by atoms with Crippen LogP contribution in [0.4, 0.5) is 18.9 Å². The van der Waals surface area contributed by atoms with E-state index in [4.69, 9.17) is 5.11 Å². The van der Waals surface area contributed by atoms with E-state index in [-0.39, 0.29) is 12.3 Å². The van der Waals surface area contributed by atoms with Crippen LogP contribution in [0.5, 0.6) is 0 Å². The fraction of sp³-hybridized carbons (Fsp3) is 0.308. The summed E-state index contributed by atoms with van der Waals surface area (Å²) in [5.41, 5.74) is 1.40. The molecule has 0 aromatic heterocycles. The van der Waals surface area contributed by atoms with Gasteiger partial charge in [0, 0.05) is 5.56 Å². The van der Waals surface area contributed by atoms with Crippen molar-refractivity contribution < 1.29 is 23.1 Å². The molecule has 1 aromatic carbocycles. The average Bonchev–Trinajstić information content (AvgIpc) is 2.27. The smallest absolute Gasteiger partial charge is 0.384 e. The second-order valence-electron chi connectivity index (χ2n) is 3.85. The van der Waals surface area contributed by atoms with Crippen LogP contribution in [-0.4, -0.2) is 23.8 Å². The monoisotopic (exact) mass is 271 g/mol. The van der Waals surface area contributed by atoms with E-state index < -0.39 is 18.5 Å². The van der Waals surface area contributed by atoms with Gasteiger partial charge >= 0.3 is 6.18 Å². The van der Waals surface area contributed by atoms with E-state index in [1.165, 1.54) is 6.07 Å². The number of carbonyl (C=O) groups excluding carboxylic acids is 1. The van der Waals surface area contributed by atoms with Gasteiger partial charge in [-0.3, -0.25) is 4.79 Å². The quantitative estimate of drug-likeness (QED) is 0.810. The lowest BCUT2D eigenvalue weighted by Crippen LogP contribution is -2.21. The van der Waals surface area contributed by atoms with Gasteiger partial charge in [-0.05, 0) is 24.6 Å². The van der Waals surface area contributed by atoms with Gasteiger partial charge in [0.1, 0.15) is 13.0 Å². The lowest BCUT2D eigenvalue weighted by molar-refractivity contribution is -0.150. The third kappa shape index (κ3) is 5.44. The normalized spacial score (nSPS) is 10.6. The van der Waals surface area contributed by atoms with Crippen molar-refractivity contribution in [3.63, 3.8) is 0 Å². The lowest BCUT2D eigenvalue weighted by atomic mass is 10.1. The number of anilines is 1. The van der Waals surface area contributed by atoms with Crippen LogP contribution in [0.3, 0.4) is 0 Å². The Bertz CT molecular complexity index is 527. The molecule has 0 spiro atoms. The van der Waals surface area contributed by atoms with Crippen LogP contribution < -0.4 is 5.32 Å². The van der Waals surface area contributed by atoms with Gasteiger partial charge in [0.15, 0.2) is 0 Å². The Kier molecular flexibility index (Phi) is 4.95. The molecule has 6 heteroatoms. The van der Waals surface area contributed by atoms with Gasteiger partial charge in [-0.2, -0.15) is 13.2 Å². The molecule has 0 heterocycles. The number of halogens is 3. The molecule has 0 aliphatic heterocycles. The molecule has 0 fully saturated rings. The predicted molar refractivity (Wildman–Crippen MR) is 64.4 cm³/mol. The van der Waals surface area contributed by atoms with Crippen LogP contribution >= 0.6 is 0 Å². The number of rotatable bonds is 2. The van der Waals surface area contributed by atoms with Gasteiger partial charge < -0.3 is 10.4 Å². The molecule has 0 unspecified atom stereocenters. The fourth-order valence-corrected chi connectivity index (χ4v) is 1.38. The average molecular weight is 271 g/mol. The van der Waals surface area contributed by atoms with E-state index in [1.807, 2.05) is 0 Å². The first-order valence-corrected chi connectivity index (χ1v) is 5.39. The summed E-state index contributed by atoms with van der Waals surface area (Å²) in [5.74, 6) is 3.81. The van der Waals surface area contributed by atoms with Crippen LogP contribution in [0, 0.1) is 18.8 Å². The van der Waals surface area contributed by atoms with Crippen LogP contribution in [0.2, 0.25) is 0 Å². The van der Waals surface area contributed by atoms with Crippen molar-refractivity contribution in [3.8, 4) is 11.8 Å². The first-order chi connectivity index (χ1) is 8.81. The minimum Gasteiger partial charge on any atom is -0.384 e. The van der Waals surface area contributed by atoms with E-state index in [1.54, 1.807) is 19.1 Å². The number of hydrogen-bond acceptors (Lipinski definition) is 2. The molecule has 0 radical (unpaired) electrons. The number of benzene rings is 1. The summed E-state index contributed by atoms with van der Waals surface area (Å²) >= 11 is 0. The number of carbonyl (C=O) groups is 1. The van der Waals surface area contributed by atoms with Crippen molar-refractivity contribution in [3.05, 3.63) is 29.3 Å². The second kappa shape index (κ2) is 6.25. The molecule has 1 aromatic rings. The van der Waals surface area contributed by atoms with Crippen molar-refractivity contribution in [1.29, 1.82) is 0 Å². The van der Waals surface area contributed by atoms with E-state index in [0.29, 0.717) is 5.56 Å². The molecule has 2 N–H and O–H groups in total. The fourth-order valence-electron chi connectivity index (χ4n) is 1.38. The summed E-state index contributed by atoms with van der Waals surface area (Å²) in [5, 5.41) is 10.8. The Balaban J connectivity index is 2.91. The highest BCUT2D eigenvalue weighted by atomic mass is 19.4. The standard InChI is InChI=1S/C13H12F3NO2/c1-9-4-5-11(10(7-9)3-2-6-18)17-12(19)8-13(14,15)16/h4-5,7,18H,6,8H2,1H3,(H,17,19). The third-order valence-corrected chi connectivity index (χ3v) is 2.11. The molecule has 19 heavy (non-hydrogen) atoms. The zero-order valence-corrected chi connectivity index (χ0v) is 10.1. The third-order valence-electron chi connectivity index (χ3n) is 2.11. The number of hydrogen-bond donors (Lipinski definition) is 2. The highest BCUT2D eigenvalue weighted by Gasteiger charge is 2.31. The summed E-state index contributed by atoms with van der Waals surface area (Å²) in [7, 11) is 0. The Morgan fingerprint density at radius 1 is 1.42 bits per heavy atom. The molecule has 3 nitrogen and oxygen atoms in total. The molecule has 0 aliphatic carbocycles. The zero-order chi connectivity index (χ0) is 14.5. The van der Waals surface area contributed by atoms with Crippen molar-refractivity contribution in [1.82, 2.24) is 0 Å². The van der Waals surface area contributed by atoms with Crippen molar-refractivity contribution >= 4 is 11.6 Å². The SMILES string of the molecule is Cc1ccc(NC(=O)CC(F)(F)F)c(C#CCO)c1. The number of nitrogens with one attached hydrogen (secondary N) is 1. The lowest BCUT2D eigenvalue weighted by Gasteiger charge is -2.10. The van der Waals surface area contributed by atoms with Gasteiger partial charge in [-0.1, -0.05) is 17.9 Å². The van der Waals surface area contributed by atoms with E-state index in [0.717, 1.165) is 5.56 Å². The Morgan fingerprint density at radius 2 is 2.11 bits per heavy atom. The highest BCUT2D eigenvalue weighted by molar-refractivity contribution is 5.92. The topological polar surface area (TPSA) is 49.3 Å². The number of aliphatic hydroxyl groups is 1. The largest absolute Gasteiger partial charge is 0.397 e. The van der Waals surface area contributed by atoms with Crippen molar-refractivity contribution in [2.75, 3.05) is 11.9 Å². The van der Waals surface area contributed by atoms with Crippen molar-refractivity contribution in [2.24, 2.45) is 0 Å². The van der Waals surface area contributed by atoms with Gasteiger partial charge in [0.25, 0.3) is 0 Å². The minimum atomic E-state index is -4.55. The maximum atomic E-state index is 12.1. The molecular formula is C13H12F3NO2. The van der Waals surface area contributed by atoms with Gasteiger partial charge in [0.2, 0.25) is 5.91 Å². The van der Waals surface area contributed by atoms with Gasteiger partial charge in [-0.15, -0.1) is 0 Å². The maximum absolute atomic E-state index is 12.1. The number of aliphatic hydroxyl groups excluding tert-OH is 1. The first-order valence-electron chi connectivity index (χ1n) is 5.39. The maximum Gasteiger partial charge on any atom is 0.397 e. The van der Waals surface area contributed by atoms with Crippen LogP contribution in [-0.2, 0) is 4.79 Å². The zero-order valence-electron chi connectivity index (χ0n) is 10.1. The highest BCUT2D eigenvalue weighted by Crippen LogP contribution is 2.22. The second-order valence-corrected chi connectivity index (χ2v) is 3.85. The Labute approximate surface area is 108 Å². The van der Waals surface area contributed by atoms with Crippen LogP contribution in [0.25, 0.3) is 0 Å². The molecule has 102 valence electrons. The number of alkyl halides is 3. The predicted octanol–water partition coefficient (Wildman–Crippen LogP) is 2.23. The van der Waals surface area contributed by atoms with Gasteiger partial charge in [0.05, 0.1) is 5.69 Å². The molecular weight excluding hydrogens is 259 g/mol. The molecule has 0 atom stereocenters. The van der Waals surface area contributed by atoms with E-state index in [2.05, 4.69) is 17.2 Å². The number of amides is 1. The van der Waals surface area contributed by atoms with Gasteiger partial charge in [-0.25, -0.2) is 0 Å². The Hall–Kier alpha value is -2.00. The summed E-state index contributed by atoms with van der Waals surface area (Å²) in [6.07, 6.45) is -6.10. The summed E-state index contributed by atoms with van der Waals surface area (Å²) in [6.45, 7) is 1.41. The summed E-state index contributed by atoms with van der Waals surface area (Å²) < 4.78 is 36.2. The first kappa shape index (κ1) is 15.1. The molecule has 0 saturated heterocycles. The molecule has 0 aliphatic rings. The van der Waals surface area contributed by atoms with E-state index in [9.17, 15) is 18.0 Å². The van der Waals surface area contributed by atoms with E-state index >= 15 is 0 Å². The summed E-state index contributed by atoms with van der Waals surface area (Å²) in [6, 6.07) is 4.74. The number of aryl methyl sites for hydroxylation is 1. The molecule has 1 amide bonds. The molecule has 0 saturated carbocycles.